The van der Waals surface area contributed by atoms with Gasteiger partial charge in [-0.25, -0.2) is 0 Å². The number of nitrogens with one attached hydrogen (secondary N) is 1. The number of hydrogen-bond acceptors (Lipinski definition) is 3. The van der Waals surface area contributed by atoms with E-state index in [1.165, 1.54) is 0 Å². The summed E-state index contributed by atoms with van der Waals surface area (Å²) in [5.74, 6) is 1.19. The fraction of sp³-hybridized carbons (Fsp3) is 0.375. The number of pyridine rings is 1. The number of benzene rings is 1. The Morgan fingerprint density at radius 2 is 2.20 bits per heavy atom. The summed E-state index contributed by atoms with van der Waals surface area (Å²) in [5, 5.41) is 3.85. The molecular weight excluding hydrogens is 252 g/mol. The summed E-state index contributed by atoms with van der Waals surface area (Å²) in [6, 6.07) is 9.46. The van der Waals surface area contributed by atoms with E-state index in [0.29, 0.717) is 18.2 Å². The molecule has 0 aliphatic rings. The highest BCUT2D eigenvalue weighted by Gasteiger charge is 2.04. The summed E-state index contributed by atoms with van der Waals surface area (Å²) in [7, 11) is 0. The number of rotatable bonds is 6. The highest BCUT2D eigenvalue weighted by Crippen LogP contribution is 2.18. The maximum Gasteiger partial charge on any atom is 0.257 e. The van der Waals surface area contributed by atoms with Crippen LogP contribution in [0, 0.1) is 5.92 Å². The molecule has 1 heterocycles. The van der Waals surface area contributed by atoms with E-state index in [-0.39, 0.29) is 12.5 Å². The summed E-state index contributed by atoms with van der Waals surface area (Å²) in [6.45, 7) is 5.00. The van der Waals surface area contributed by atoms with Crippen LogP contribution in [0.25, 0.3) is 10.9 Å². The minimum atomic E-state index is -0.0862. The lowest BCUT2D eigenvalue weighted by Gasteiger charge is -2.09. The molecule has 1 aromatic heterocycles. The number of nitrogens with zero attached hydrogens (tertiary/aromatic N) is 1. The predicted octanol–water partition coefficient (Wildman–Crippen LogP) is 2.78. The van der Waals surface area contributed by atoms with Gasteiger partial charge in [0, 0.05) is 18.1 Å². The molecule has 1 amide bonds. The Hall–Kier alpha value is -2.10. The van der Waals surface area contributed by atoms with E-state index in [9.17, 15) is 4.79 Å². The number of carbonyl (C=O) groups is 1. The predicted molar refractivity (Wildman–Crippen MR) is 79.7 cm³/mol. The molecule has 0 fully saturated rings. The molecule has 0 aliphatic heterocycles. The van der Waals surface area contributed by atoms with Gasteiger partial charge in [-0.3, -0.25) is 9.78 Å². The fourth-order valence-electron chi connectivity index (χ4n) is 1.84. The number of aromatic nitrogens is 1. The van der Waals surface area contributed by atoms with E-state index in [4.69, 9.17) is 4.74 Å². The van der Waals surface area contributed by atoms with E-state index in [1.807, 2.05) is 30.3 Å². The summed E-state index contributed by atoms with van der Waals surface area (Å²) in [5.41, 5.74) is 0.918. The SMILES string of the molecule is CC(C)CCNC(=O)COc1ccc2ncccc2c1. The molecule has 4 nitrogen and oxygen atoms in total. The van der Waals surface area contributed by atoms with Crippen molar-refractivity contribution in [2.75, 3.05) is 13.2 Å². The van der Waals surface area contributed by atoms with Crippen LogP contribution < -0.4 is 10.1 Å². The largest absolute Gasteiger partial charge is 0.484 e. The van der Waals surface area contributed by atoms with Crippen LogP contribution in [0.2, 0.25) is 0 Å². The lowest BCUT2D eigenvalue weighted by atomic mass is 10.1. The summed E-state index contributed by atoms with van der Waals surface area (Å²) < 4.78 is 5.49. The Morgan fingerprint density at radius 1 is 1.35 bits per heavy atom. The van der Waals surface area contributed by atoms with Crippen LogP contribution in [0.4, 0.5) is 0 Å². The minimum absolute atomic E-state index is 0.0455. The Balaban J connectivity index is 1.84. The molecule has 0 saturated carbocycles. The first kappa shape index (κ1) is 14.3. The van der Waals surface area contributed by atoms with Crippen molar-refractivity contribution in [2.24, 2.45) is 5.92 Å². The molecule has 0 spiro atoms. The summed E-state index contributed by atoms with van der Waals surface area (Å²) in [4.78, 5) is 15.9. The molecule has 0 atom stereocenters. The zero-order chi connectivity index (χ0) is 14.4. The number of ether oxygens (including phenoxy) is 1. The van der Waals surface area contributed by atoms with Gasteiger partial charge < -0.3 is 10.1 Å². The van der Waals surface area contributed by atoms with Crippen molar-refractivity contribution in [3.63, 3.8) is 0 Å². The molecule has 0 unspecified atom stereocenters. The van der Waals surface area contributed by atoms with Crippen LogP contribution >= 0.6 is 0 Å². The molecule has 106 valence electrons. The van der Waals surface area contributed by atoms with Gasteiger partial charge in [0.15, 0.2) is 6.61 Å². The van der Waals surface area contributed by atoms with Gasteiger partial charge in [0.05, 0.1) is 5.52 Å². The van der Waals surface area contributed by atoms with Crippen LogP contribution in [0.3, 0.4) is 0 Å². The minimum Gasteiger partial charge on any atom is -0.484 e. The van der Waals surface area contributed by atoms with Gasteiger partial charge in [0.1, 0.15) is 5.75 Å². The first-order chi connectivity index (χ1) is 9.65. The third kappa shape index (κ3) is 4.23. The second-order valence-corrected chi connectivity index (χ2v) is 5.18. The van der Waals surface area contributed by atoms with Gasteiger partial charge in [-0.15, -0.1) is 0 Å². The molecule has 4 heteroatoms. The van der Waals surface area contributed by atoms with E-state index < -0.39 is 0 Å². The molecule has 0 bridgehead atoms. The first-order valence-corrected chi connectivity index (χ1v) is 6.89. The van der Waals surface area contributed by atoms with E-state index >= 15 is 0 Å². The average molecular weight is 272 g/mol. The Bertz CT molecular complexity index is 581. The van der Waals surface area contributed by atoms with Crippen LogP contribution in [-0.2, 0) is 4.79 Å². The highest BCUT2D eigenvalue weighted by molar-refractivity contribution is 5.80. The van der Waals surface area contributed by atoms with Crippen molar-refractivity contribution in [1.82, 2.24) is 10.3 Å². The highest BCUT2D eigenvalue weighted by atomic mass is 16.5. The van der Waals surface area contributed by atoms with Crippen molar-refractivity contribution in [3.8, 4) is 5.75 Å². The molecule has 2 aromatic rings. The zero-order valence-electron chi connectivity index (χ0n) is 11.9. The lowest BCUT2D eigenvalue weighted by molar-refractivity contribution is -0.123. The molecule has 2 rings (SSSR count). The van der Waals surface area contributed by atoms with Crippen molar-refractivity contribution in [2.45, 2.75) is 20.3 Å². The van der Waals surface area contributed by atoms with Gasteiger partial charge >= 0.3 is 0 Å². The maximum atomic E-state index is 11.6. The third-order valence-electron chi connectivity index (χ3n) is 2.99. The monoisotopic (exact) mass is 272 g/mol. The van der Waals surface area contributed by atoms with Crippen LogP contribution in [-0.4, -0.2) is 24.0 Å². The molecule has 20 heavy (non-hydrogen) atoms. The second-order valence-electron chi connectivity index (χ2n) is 5.18. The van der Waals surface area contributed by atoms with Crippen LogP contribution in [0.5, 0.6) is 5.75 Å². The zero-order valence-corrected chi connectivity index (χ0v) is 11.9. The van der Waals surface area contributed by atoms with E-state index in [1.54, 1.807) is 6.20 Å². The topological polar surface area (TPSA) is 51.2 Å². The first-order valence-electron chi connectivity index (χ1n) is 6.89. The van der Waals surface area contributed by atoms with Crippen molar-refractivity contribution >= 4 is 16.8 Å². The second kappa shape index (κ2) is 6.89. The van der Waals surface area contributed by atoms with Gasteiger partial charge in [0.2, 0.25) is 0 Å². The number of amides is 1. The number of hydrogen-bond donors (Lipinski definition) is 1. The summed E-state index contributed by atoms with van der Waals surface area (Å²) >= 11 is 0. The van der Waals surface area contributed by atoms with Gasteiger partial charge in [-0.2, -0.15) is 0 Å². The average Bonchev–Trinajstić information content (AvgIpc) is 2.44. The van der Waals surface area contributed by atoms with E-state index in [2.05, 4.69) is 24.1 Å². The van der Waals surface area contributed by atoms with Crippen molar-refractivity contribution in [1.29, 1.82) is 0 Å². The molecule has 1 aromatic carbocycles. The maximum absolute atomic E-state index is 11.6. The smallest absolute Gasteiger partial charge is 0.257 e. The molecule has 0 aliphatic carbocycles. The standard InChI is InChI=1S/C16H20N2O2/c1-12(2)7-9-18-16(19)11-20-14-5-6-15-13(10-14)4-3-8-17-15/h3-6,8,10,12H,7,9,11H2,1-2H3,(H,18,19). The third-order valence-corrected chi connectivity index (χ3v) is 2.99. The van der Waals surface area contributed by atoms with Crippen LogP contribution in [0.1, 0.15) is 20.3 Å². The Morgan fingerprint density at radius 3 is 3.00 bits per heavy atom. The molecule has 0 saturated heterocycles. The van der Waals surface area contributed by atoms with Gasteiger partial charge in [0.25, 0.3) is 5.91 Å². The van der Waals surface area contributed by atoms with Gasteiger partial charge in [-0.1, -0.05) is 19.9 Å². The Labute approximate surface area is 119 Å². The quantitative estimate of drug-likeness (QED) is 0.879. The summed E-state index contributed by atoms with van der Waals surface area (Å²) in [6.07, 6.45) is 2.73. The van der Waals surface area contributed by atoms with E-state index in [0.717, 1.165) is 17.3 Å². The number of carbonyl (C=O) groups excluding carboxylic acids is 1. The Kier molecular flexibility index (Phi) is 4.93. The molecular formula is C16H20N2O2. The van der Waals surface area contributed by atoms with Crippen molar-refractivity contribution < 1.29 is 9.53 Å². The van der Waals surface area contributed by atoms with Gasteiger partial charge in [-0.05, 0) is 36.6 Å². The molecule has 1 N–H and O–H groups in total. The van der Waals surface area contributed by atoms with Crippen molar-refractivity contribution in [3.05, 3.63) is 36.5 Å². The normalized spacial score (nSPS) is 10.8. The van der Waals surface area contributed by atoms with Crippen LogP contribution in [0.15, 0.2) is 36.5 Å². The number of fused-ring (bicyclic) bond motifs is 1. The fourth-order valence-corrected chi connectivity index (χ4v) is 1.84. The molecule has 0 radical (unpaired) electrons. The lowest BCUT2D eigenvalue weighted by Crippen LogP contribution is -2.30.